The maximum Gasteiger partial charge on any atom is 0.227 e. The van der Waals surface area contributed by atoms with Crippen LogP contribution in [-0.2, 0) is 9.59 Å². The van der Waals surface area contributed by atoms with E-state index in [0.717, 1.165) is 17.1 Å². The normalized spacial score (nSPS) is 20.9. The summed E-state index contributed by atoms with van der Waals surface area (Å²) < 4.78 is 5.47. The maximum absolute atomic E-state index is 12.3. The number of piperidine rings is 1. The van der Waals surface area contributed by atoms with E-state index in [9.17, 15) is 9.59 Å². The summed E-state index contributed by atoms with van der Waals surface area (Å²) in [5.74, 6) is 1.50. The van der Waals surface area contributed by atoms with Gasteiger partial charge in [-0.2, -0.15) is 0 Å². The zero-order chi connectivity index (χ0) is 14.9. The van der Waals surface area contributed by atoms with Gasteiger partial charge in [-0.25, -0.2) is 0 Å². The lowest BCUT2D eigenvalue weighted by Gasteiger charge is -2.30. The Morgan fingerprint density at radius 1 is 1.50 bits per heavy atom. The number of nitrogens with zero attached hydrogens (tertiary/aromatic N) is 1. The molecule has 0 spiro atoms. The first-order chi connectivity index (χ1) is 9.38. The molecule has 1 aliphatic heterocycles. The molecular formula is C15H22N2O3. The van der Waals surface area contributed by atoms with Crippen molar-refractivity contribution in [1.82, 2.24) is 10.2 Å². The van der Waals surface area contributed by atoms with E-state index in [4.69, 9.17) is 4.42 Å². The second kappa shape index (κ2) is 5.69. The van der Waals surface area contributed by atoms with Crippen LogP contribution in [0.3, 0.4) is 0 Å². The highest BCUT2D eigenvalue weighted by atomic mass is 16.3. The van der Waals surface area contributed by atoms with Crippen LogP contribution >= 0.6 is 0 Å². The number of carbonyl (C=O) groups excluding carboxylic acids is 2. The largest absolute Gasteiger partial charge is 0.466 e. The molecule has 1 N–H and O–H groups in total. The van der Waals surface area contributed by atoms with Gasteiger partial charge in [-0.3, -0.25) is 9.59 Å². The average molecular weight is 278 g/mol. The van der Waals surface area contributed by atoms with Gasteiger partial charge < -0.3 is 14.6 Å². The molecule has 1 aromatic rings. The van der Waals surface area contributed by atoms with E-state index >= 15 is 0 Å². The molecule has 1 aliphatic rings. The third-order valence-corrected chi connectivity index (χ3v) is 3.91. The van der Waals surface area contributed by atoms with Gasteiger partial charge in [-0.1, -0.05) is 0 Å². The van der Waals surface area contributed by atoms with Crippen LogP contribution in [-0.4, -0.2) is 36.3 Å². The van der Waals surface area contributed by atoms with Gasteiger partial charge in [0.1, 0.15) is 11.5 Å². The van der Waals surface area contributed by atoms with Gasteiger partial charge in [0.15, 0.2) is 0 Å². The van der Waals surface area contributed by atoms with E-state index in [-0.39, 0.29) is 23.8 Å². The fourth-order valence-electron chi connectivity index (χ4n) is 2.68. The number of aryl methyl sites for hydroxylation is 2. The molecule has 5 heteroatoms. The summed E-state index contributed by atoms with van der Waals surface area (Å²) in [4.78, 5) is 25.4. The van der Waals surface area contributed by atoms with Crippen LogP contribution in [0, 0.1) is 13.8 Å². The maximum atomic E-state index is 12.3. The Morgan fingerprint density at radius 3 is 2.75 bits per heavy atom. The molecule has 1 aromatic heterocycles. The van der Waals surface area contributed by atoms with E-state index in [1.807, 2.05) is 26.8 Å². The molecular weight excluding hydrogens is 256 g/mol. The summed E-state index contributed by atoms with van der Waals surface area (Å²) in [6.07, 6.45) is 1.21. The van der Waals surface area contributed by atoms with Crippen molar-refractivity contribution in [2.75, 3.05) is 13.6 Å². The topological polar surface area (TPSA) is 62.6 Å². The van der Waals surface area contributed by atoms with Crippen LogP contribution in [0.5, 0.6) is 0 Å². The number of hydrogen-bond donors (Lipinski definition) is 1. The lowest BCUT2D eigenvalue weighted by molar-refractivity contribution is -0.134. The van der Waals surface area contributed by atoms with Gasteiger partial charge >= 0.3 is 0 Å². The van der Waals surface area contributed by atoms with Crippen molar-refractivity contribution >= 4 is 11.8 Å². The SMILES string of the molecule is Cc1cc(C(C)C(=O)NC2CCC(=O)N(C)C2)c(C)o1. The highest BCUT2D eigenvalue weighted by Gasteiger charge is 2.27. The predicted octanol–water partition coefficient (Wildman–Crippen LogP) is 1.74. The molecule has 0 aromatic carbocycles. The van der Waals surface area contributed by atoms with Crippen LogP contribution < -0.4 is 5.32 Å². The van der Waals surface area contributed by atoms with E-state index in [1.165, 1.54) is 0 Å². The lowest BCUT2D eigenvalue weighted by atomic mass is 9.99. The predicted molar refractivity (Wildman–Crippen MR) is 75.4 cm³/mol. The van der Waals surface area contributed by atoms with Gasteiger partial charge in [0.05, 0.1) is 5.92 Å². The van der Waals surface area contributed by atoms with Crippen LogP contribution in [0.25, 0.3) is 0 Å². The second-order valence-electron chi connectivity index (χ2n) is 5.61. The Balaban J connectivity index is 1.98. The quantitative estimate of drug-likeness (QED) is 0.916. The third kappa shape index (κ3) is 3.03. The number of likely N-dealkylation sites (N-methyl/N-ethyl adjacent to an activating group) is 1. The molecule has 2 rings (SSSR count). The minimum Gasteiger partial charge on any atom is -0.466 e. The number of carbonyl (C=O) groups is 2. The second-order valence-corrected chi connectivity index (χ2v) is 5.61. The lowest BCUT2D eigenvalue weighted by Crippen LogP contribution is -2.49. The van der Waals surface area contributed by atoms with Crippen molar-refractivity contribution in [3.63, 3.8) is 0 Å². The molecule has 0 aliphatic carbocycles. The summed E-state index contributed by atoms with van der Waals surface area (Å²) in [6.45, 7) is 6.22. The summed E-state index contributed by atoms with van der Waals surface area (Å²) in [6, 6.07) is 1.96. The summed E-state index contributed by atoms with van der Waals surface area (Å²) >= 11 is 0. The molecule has 0 saturated carbocycles. The highest BCUT2D eigenvalue weighted by Crippen LogP contribution is 2.23. The molecule has 2 heterocycles. The molecule has 2 amide bonds. The first-order valence-corrected chi connectivity index (χ1v) is 6.99. The first-order valence-electron chi connectivity index (χ1n) is 6.99. The number of rotatable bonds is 3. The molecule has 2 atom stereocenters. The van der Waals surface area contributed by atoms with Crippen LogP contribution in [0.4, 0.5) is 0 Å². The number of likely N-dealkylation sites (tertiary alicyclic amines) is 1. The Hall–Kier alpha value is -1.78. The van der Waals surface area contributed by atoms with Gasteiger partial charge in [0.2, 0.25) is 11.8 Å². The molecule has 1 saturated heterocycles. The zero-order valence-corrected chi connectivity index (χ0v) is 12.5. The van der Waals surface area contributed by atoms with Crippen LogP contribution in [0.15, 0.2) is 10.5 Å². The Kier molecular flexibility index (Phi) is 4.16. The molecule has 0 radical (unpaired) electrons. The van der Waals surface area contributed by atoms with Crippen molar-refractivity contribution in [3.8, 4) is 0 Å². The van der Waals surface area contributed by atoms with Gasteiger partial charge in [0.25, 0.3) is 0 Å². The summed E-state index contributed by atoms with van der Waals surface area (Å²) in [5.41, 5.74) is 0.931. The monoisotopic (exact) mass is 278 g/mol. The van der Waals surface area contributed by atoms with E-state index < -0.39 is 0 Å². The van der Waals surface area contributed by atoms with E-state index in [1.54, 1.807) is 11.9 Å². The Labute approximate surface area is 119 Å². The summed E-state index contributed by atoms with van der Waals surface area (Å²) in [7, 11) is 1.77. The van der Waals surface area contributed by atoms with Crippen LogP contribution in [0.2, 0.25) is 0 Å². The zero-order valence-electron chi connectivity index (χ0n) is 12.5. The Morgan fingerprint density at radius 2 is 2.20 bits per heavy atom. The van der Waals surface area contributed by atoms with Crippen molar-refractivity contribution in [1.29, 1.82) is 0 Å². The van der Waals surface area contributed by atoms with Gasteiger partial charge in [-0.15, -0.1) is 0 Å². The van der Waals surface area contributed by atoms with Crippen molar-refractivity contribution < 1.29 is 14.0 Å². The minimum atomic E-state index is -0.240. The molecule has 20 heavy (non-hydrogen) atoms. The average Bonchev–Trinajstić information content (AvgIpc) is 2.72. The fourth-order valence-corrected chi connectivity index (χ4v) is 2.68. The van der Waals surface area contributed by atoms with E-state index in [0.29, 0.717) is 19.4 Å². The number of hydrogen-bond acceptors (Lipinski definition) is 3. The van der Waals surface area contributed by atoms with Crippen molar-refractivity contribution in [2.45, 2.75) is 45.6 Å². The van der Waals surface area contributed by atoms with Gasteiger partial charge in [0, 0.05) is 31.6 Å². The van der Waals surface area contributed by atoms with Crippen molar-refractivity contribution in [2.24, 2.45) is 0 Å². The Bertz CT molecular complexity index is 521. The standard InChI is InChI=1S/C15H22N2O3/c1-9-7-13(11(3)20-9)10(2)15(19)16-12-5-6-14(18)17(4)8-12/h7,10,12H,5-6,8H2,1-4H3,(H,16,19). The highest BCUT2D eigenvalue weighted by molar-refractivity contribution is 5.84. The smallest absolute Gasteiger partial charge is 0.227 e. The van der Waals surface area contributed by atoms with Gasteiger partial charge in [-0.05, 0) is 33.3 Å². The molecule has 0 bridgehead atoms. The first kappa shape index (κ1) is 14.6. The molecule has 5 nitrogen and oxygen atoms in total. The number of furan rings is 1. The molecule has 110 valence electrons. The number of nitrogens with one attached hydrogen (secondary N) is 1. The third-order valence-electron chi connectivity index (χ3n) is 3.91. The number of amides is 2. The fraction of sp³-hybridized carbons (Fsp3) is 0.600. The molecule has 2 unspecified atom stereocenters. The van der Waals surface area contributed by atoms with Crippen LogP contribution in [0.1, 0.15) is 42.8 Å². The summed E-state index contributed by atoms with van der Waals surface area (Å²) in [5, 5.41) is 3.03. The molecule has 1 fully saturated rings. The van der Waals surface area contributed by atoms with Crippen molar-refractivity contribution in [3.05, 3.63) is 23.2 Å². The minimum absolute atomic E-state index is 0.0124. The van der Waals surface area contributed by atoms with E-state index in [2.05, 4.69) is 5.32 Å².